The van der Waals surface area contributed by atoms with Crippen molar-refractivity contribution in [1.82, 2.24) is 15.2 Å². The second-order valence-corrected chi connectivity index (χ2v) is 9.26. The lowest BCUT2D eigenvalue weighted by Crippen LogP contribution is -2.44. The Balaban J connectivity index is 1.15. The van der Waals surface area contributed by atoms with Gasteiger partial charge < -0.3 is 30.2 Å². The highest BCUT2D eigenvalue weighted by molar-refractivity contribution is 7.16. The van der Waals surface area contributed by atoms with Crippen LogP contribution in [0.4, 0.5) is 0 Å². The summed E-state index contributed by atoms with van der Waals surface area (Å²) >= 11 is 1.02. The maximum absolute atomic E-state index is 11.7. The van der Waals surface area contributed by atoms with Gasteiger partial charge in [0.05, 0.1) is 24.0 Å². The molecule has 1 fully saturated rings. The Morgan fingerprint density at radius 2 is 1.94 bits per heavy atom. The number of aliphatic hydroxyl groups excluding tert-OH is 1. The molecule has 4 N–H and O–H groups in total. The molecule has 3 aromatic rings. The summed E-state index contributed by atoms with van der Waals surface area (Å²) in [5.74, 6) is 0.0266. The zero-order chi connectivity index (χ0) is 22.3. The summed E-state index contributed by atoms with van der Waals surface area (Å²) in [5, 5.41) is 24.1. The van der Waals surface area contributed by atoms with Crippen molar-refractivity contribution in [2.45, 2.75) is 31.4 Å². The van der Waals surface area contributed by atoms with Crippen molar-refractivity contribution < 1.29 is 14.9 Å². The number of ether oxygens (including phenoxy) is 1. The first kappa shape index (κ1) is 22.9. The molecular formula is C24H31N3O4S. The van der Waals surface area contributed by atoms with Crippen molar-refractivity contribution in [3.8, 4) is 5.75 Å². The third-order valence-electron chi connectivity index (χ3n) is 6.06. The van der Waals surface area contributed by atoms with Crippen LogP contribution in [-0.4, -0.2) is 65.5 Å². The van der Waals surface area contributed by atoms with Crippen molar-refractivity contribution in [2.75, 3.05) is 39.4 Å². The standard InChI is InChI=1S/C24H31N3O4S/c28-20-7-6-19(23-22(20)26-24(30)32-23)21(29)16-25-18-8-11-27(12-9-18)13-15-31-14-10-17-4-2-1-3-5-17/h1-7,18,21,25,28-29H,8-16H2,(H,26,30). The van der Waals surface area contributed by atoms with Crippen molar-refractivity contribution in [2.24, 2.45) is 0 Å². The summed E-state index contributed by atoms with van der Waals surface area (Å²) in [6, 6.07) is 14.0. The van der Waals surface area contributed by atoms with E-state index < -0.39 is 6.10 Å². The average Bonchev–Trinajstić information content (AvgIpc) is 3.21. The normalized spacial score (nSPS) is 16.5. The Hall–Kier alpha value is -2.23. The number of phenolic OH excluding ortho intramolecular Hbond substituents is 1. The van der Waals surface area contributed by atoms with Gasteiger partial charge in [-0.3, -0.25) is 4.79 Å². The van der Waals surface area contributed by atoms with Gasteiger partial charge in [0, 0.05) is 24.7 Å². The number of aliphatic hydroxyl groups is 1. The maximum Gasteiger partial charge on any atom is 0.305 e. The molecule has 1 aliphatic rings. The van der Waals surface area contributed by atoms with Crippen LogP contribution in [0.5, 0.6) is 5.75 Å². The lowest BCUT2D eigenvalue weighted by Gasteiger charge is -2.32. The van der Waals surface area contributed by atoms with Crippen molar-refractivity contribution in [3.05, 3.63) is 63.3 Å². The lowest BCUT2D eigenvalue weighted by atomic mass is 10.0. The minimum Gasteiger partial charge on any atom is -0.506 e. The van der Waals surface area contributed by atoms with E-state index >= 15 is 0 Å². The molecule has 1 atom stereocenters. The van der Waals surface area contributed by atoms with Gasteiger partial charge in [-0.1, -0.05) is 47.7 Å². The number of aromatic amines is 1. The number of benzene rings is 2. The first-order valence-electron chi connectivity index (χ1n) is 11.2. The summed E-state index contributed by atoms with van der Waals surface area (Å²) in [7, 11) is 0. The number of aromatic hydroxyl groups is 1. The average molecular weight is 458 g/mol. The van der Waals surface area contributed by atoms with Crippen LogP contribution in [-0.2, 0) is 11.2 Å². The van der Waals surface area contributed by atoms with E-state index in [1.165, 1.54) is 11.6 Å². The maximum atomic E-state index is 11.7. The molecule has 0 aliphatic carbocycles. The third kappa shape index (κ3) is 5.96. The number of aromatic nitrogens is 1. The number of phenols is 1. The Labute approximate surface area is 191 Å². The molecule has 2 heterocycles. The monoisotopic (exact) mass is 457 g/mol. The number of thiazole rings is 1. The van der Waals surface area contributed by atoms with Crippen LogP contribution in [0.25, 0.3) is 10.2 Å². The summed E-state index contributed by atoms with van der Waals surface area (Å²) in [6.07, 6.45) is 2.26. The molecule has 1 aromatic heterocycles. The number of hydrogen-bond acceptors (Lipinski definition) is 7. The van der Waals surface area contributed by atoms with Gasteiger partial charge in [0.1, 0.15) is 11.3 Å². The molecule has 2 aromatic carbocycles. The second-order valence-electron chi connectivity index (χ2n) is 8.28. The zero-order valence-corrected chi connectivity index (χ0v) is 18.9. The van der Waals surface area contributed by atoms with Crippen LogP contribution < -0.4 is 10.2 Å². The topological polar surface area (TPSA) is 97.8 Å². The van der Waals surface area contributed by atoms with Crippen molar-refractivity contribution in [3.63, 3.8) is 0 Å². The zero-order valence-electron chi connectivity index (χ0n) is 18.1. The van der Waals surface area contributed by atoms with Crippen molar-refractivity contribution in [1.29, 1.82) is 0 Å². The van der Waals surface area contributed by atoms with Gasteiger partial charge in [0.2, 0.25) is 0 Å². The van der Waals surface area contributed by atoms with Crippen LogP contribution in [0.3, 0.4) is 0 Å². The molecule has 4 rings (SSSR count). The number of rotatable bonds is 10. The summed E-state index contributed by atoms with van der Waals surface area (Å²) in [6.45, 7) is 4.89. The number of piperidine rings is 1. The van der Waals surface area contributed by atoms with E-state index in [9.17, 15) is 15.0 Å². The Morgan fingerprint density at radius 3 is 2.72 bits per heavy atom. The van der Waals surface area contributed by atoms with E-state index in [1.54, 1.807) is 6.07 Å². The molecule has 172 valence electrons. The van der Waals surface area contributed by atoms with Gasteiger partial charge in [0.25, 0.3) is 0 Å². The molecule has 0 spiro atoms. The van der Waals surface area contributed by atoms with Crippen LogP contribution in [0.1, 0.15) is 30.1 Å². The van der Waals surface area contributed by atoms with E-state index in [4.69, 9.17) is 4.74 Å². The predicted octanol–water partition coefficient (Wildman–Crippen LogP) is 2.64. The smallest absolute Gasteiger partial charge is 0.305 e. The fourth-order valence-electron chi connectivity index (χ4n) is 4.18. The second kappa shape index (κ2) is 11.1. The molecule has 1 aliphatic heterocycles. The largest absolute Gasteiger partial charge is 0.506 e. The lowest BCUT2D eigenvalue weighted by molar-refractivity contribution is 0.0914. The van der Waals surface area contributed by atoms with E-state index in [-0.39, 0.29) is 10.6 Å². The highest BCUT2D eigenvalue weighted by Gasteiger charge is 2.21. The van der Waals surface area contributed by atoms with Crippen molar-refractivity contribution >= 4 is 21.6 Å². The molecule has 8 heteroatoms. The molecular weight excluding hydrogens is 426 g/mol. The number of H-pyrrole nitrogens is 1. The third-order valence-corrected chi connectivity index (χ3v) is 7.00. The van der Waals surface area contributed by atoms with E-state index in [0.717, 1.165) is 63.4 Å². The van der Waals surface area contributed by atoms with E-state index in [2.05, 4.69) is 39.5 Å². The molecule has 32 heavy (non-hydrogen) atoms. The molecule has 1 saturated heterocycles. The van der Waals surface area contributed by atoms with E-state index in [0.29, 0.717) is 28.4 Å². The summed E-state index contributed by atoms with van der Waals surface area (Å²) in [4.78, 5) is 16.5. The highest BCUT2D eigenvalue weighted by atomic mass is 32.1. The Kier molecular flexibility index (Phi) is 7.94. The summed E-state index contributed by atoms with van der Waals surface area (Å²) in [5.41, 5.74) is 2.37. The molecule has 0 bridgehead atoms. The van der Waals surface area contributed by atoms with Crippen LogP contribution in [0.15, 0.2) is 47.3 Å². The van der Waals surface area contributed by atoms with Crippen LogP contribution in [0, 0.1) is 0 Å². The van der Waals surface area contributed by atoms with Gasteiger partial charge in [-0.25, -0.2) is 0 Å². The Bertz CT molecular complexity index is 1040. The van der Waals surface area contributed by atoms with Gasteiger partial charge in [-0.15, -0.1) is 0 Å². The number of nitrogens with zero attached hydrogens (tertiary/aromatic N) is 1. The van der Waals surface area contributed by atoms with E-state index in [1.807, 2.05) is 6.07 Å². The van der Waals surface area contributed by atoms with Crippen LogP contribution in [0.2, 0.25) is 0 Å². The highest BCUT2D eigenvalue weighted by Crippen LogP contribution is 2.31. The molecule has 0 amide bonds. The number of nitrogens with one attached hydrogen (secondary N) is 2. The number of fused-ring (bicyclic) bond motifs is 1. The molecule has 0 radical (unpaired) electrons. The van der Waals surface area contributed by atoms with Gasteiger partial charge in [-0.2, -0.15) is 0 Å². The number of likely N-dealkylation sites (tertiary alicyclic amines) is 1. The Morgan fingerprint density at radius 1 is 1.16 bits per heavy atom. The van der Waals surface area contributed by atoms with Gasteiger partial charge in [0.15, 0.2) is 0 Å². The molecule has 0 saturated carbocycles. The first-order chi connectivity index (χ1) is 15.6. The molecule has 7 nitrogen and oxygen atoms in total. The SMILES string of the molecule is O=c1[nH]c2c(O)ccc(C(O)CNC3CCN(CCOCCc4ccccc4)CC3)c2s1. The minimum absolute atomic E-state index is 0.0266. The predicted molar refractivity (Wildman–Crippen MR) is 128 cm³/mol. The quantitative estimate of drug-likeness (QED) is 0.350. The first-order valence-corrected chi connectivity index (χ1v) is 12.0. The fourth-order valence-corrected chi connectivity index (χ4v) is 5.10. The summed E-state index contributed by atoms with van der Waals surface area (Å²) < 4.78 is 6.43. The van der Waals surface area contributed by atoms with Crippen LogP contribution >= 0.6 is 11.3 Å². The molecule has 1 unspecified atom stereocenters. The number of hydrogen-bond donors (Lipinski definition) is 4. The minimum atomic E-state index is -0.736. The fraction of sp³-hybridized carbons (Fsp3) is 0.458. The van der Waals surface area contributed by atoms with Gasteiger partial charge in [-0.05, 0) is 44.0 Å². The van der Waals surface area contributed by atoms with Gasteiger partial charge >= 0.3 is 4.87 Å².